The summed E-state index contributed by atoms with van der Waals surface area (Å²) in [5.74, 6) is -1.24. The van der Waals surface area contributed by atoms with Crippen LogP contribution in [0.3, 0.4) is 0 Å². The summed E-state index contributed by atoms with van der Waals surface area (Å²) in [5, 5.41) is 8.89. The molecule has 0 spiro atoms. The van der Waals surface area contributed by atoms with E-state index in [1.165, 1.54) is 12.3 Å². The molecule has 1 aromatic heterocycles. The minimum absolute atomic E-state index is 0.0360. The molecule has 37 heavy (non-hydrogen) atoms. The molecule has 0 radical (unpaired) electrons. The molecule has 2 atom stereocenters. The lowest BCUT2D eigenvalue weighted by atomic mass is 10.0. The summed E-state index contributed by atoms with van der Waals surface area (Å²) in [6.07, 6.45) is 1.91. The zero-order chi connectivity index (χ0) is 25.8. The van der Waals surface area contributed by atoms with Gasteiger partial charge >= 0.3 is 0 Å². The highest BCUT2D eigenvalue weighted by molar-refractivity contribution is 8.02. The first-order valence-corrected chi connectivity index (χ1v) is 13.4. The quantitative estimate of drug-likeness (QED) is 0.210. The van der Waals surface area contributed by atoms with Gasteiger partial charge in [-0.05, 0) is 47.2 Å². The average Bonchev–Trinajstić information content (AvgIpc) is 3.55. The molecule has 0 saturated heterocycles. The summed E-state index contributed by atoms with van der Waals surface area (Å²) >= 11 is 1.64. The molecule has 5 rings (SSSR count). The highest BCUT2D eigenvalue weighted by Crippen LogP contribution is 2.36. The van der Waals surface area contributed by atoms with Gasteiger partial charge in [0.1, 0.15) is 17.0 Å². The summed E-state index contributed by atoms with van der Waals surface area (Å²) < 4.78 is 57.6. The van der Waals surface area contributed by atoms with Crippen molar-refractivity contribution in [2.45, 2.75) is 17.8 Å². The highest BCUT2D eigenvalue weighted by Gasteiger charge is 2.26. The van der Waals surface area contributed by atoms with Crippen LogP contribution in [0.25, 0.3) is 11.3 Å². The Kier molecular flexibility index (Phi) is 7.42. The van der Waals surface area contributed by atoms with Crippen molar-refractivity contribution in [3.05, 3.63) is 113 Å². The van der Waals surface area contributed by atoms with Crippen molar-refractivity contribution in [3.8, 4) is 11.3 Å². The van der Waals surface area contributed by atoms with E-state index in [1.54, 1.807) is 23.9 Å². The normalized spacial score (nSPS) is 15.8. The monoisotopic (exact) mass is 540 g/mol. The number of rotatable bonds is 9. The van der Waals surface area contributed by atoms with E-state index in [2.05, 4.69) is 20.3 Å². The first-order chi connectivity index (χ1) is 17.9. The Morgan fingerprint density at radius 1 is 1.05 bits per heavy atom. The van der Waals surface area contributed by atoms with E-state index in [9.17, 15) is 17.2 Å². The number of aromatic nitrogens is 1. The van der Waals surface area contributed by atoms with Crippen LogP contribution in [0.1, 0.15) is 16.5 Å². The van der Waals surface area contributed by atoms with Gasteiger partial charge in [0, 0.05) is 17.5 Å². The summed E-state index contributed by atoms with van der Waals surface area (Å²) in [5.41, 5.74) is 3.56. The van der Waals surface area contributed by atoms with Gasteiger partial charge in [-0.1, -0.05) is 42.5 Å². The van der Waals surface area contributed by atoms with Crippen molar-refractivity contribution < 1.29 is 21.6 Å². The Bertz CT molecular complexity index is 1480. The van der Waals surface area contributed by atoms with E-state index in [0.29, 0.717) is 12.1 Å². The molecule has 3 aromatic carbocycles. The van der Waals surface area contributed by atoms with Crippen molar-refractivity contribution >= 4 is 34.4 Å². The van der Waals surface area contributed by atoms with E-state index in [0.717, 1.165) is 29.0 Å². The lowest BCUT2D eigenvalue weighted by Gasteiger charge is -2.22. The Balaban J connectivity index is 1.37. The summed E-state index contributed by atoms with van der Waals surface area (Å²) in [7, 11) is -2.74. The Morgan fingerprint density at radius 2 is 1.84 bits per heavy atom. The van der Waals surface area contributed by atoms with Crippen LogP contribution in [-0.2, 0) is 17.3 Å². The van der Waals surface area contributed by atoms with Crippen LogP contribution >= 0.6 is 11.8 Å². The number of nitrogens with zero attached hydrogens (tertiary/aromatic N) is 1. The number of benzene rings is 3. The molecule has 0 fully saturated rings. The molecule has 1 aliphatic rings. The molecule has 0 saturated carbocycles. The molecular weight excluding hydrogens is 518 g/mol. The standard InChI is InChI=1S/C26H22F2N4O3S2/c27-18-8-11-20(21(28)13-18)24-14-29-26(35-24)31-22(12-16-6-9-19(10-7-16)32-37(33)34)23-15-36-25(30-23)17-4-2-1-3-5-17/h1-11,13-15,22,25,30,37H,12H2,(H,29,31)(H,32,33,34)/t22-,25?/m0/s1. The molecule has 0 aliphatic carbocycles. The zero-order valence-corrected chi connectivity index (χ0v) is 20.9. The first-order valence-electron chi connectivity index (χ1n) is 11.3. The highest BCUT2D eigenvalue weighted by atomic mass is 32.2. The van der Waals surface area contributed by atoms with Crippen LogP contribution < -0.4 is 15.4 Å². The van der Waals surface area contributed by atoms with Gasteiger partial charge in [-0.25, -0.2) is 22.2 Å². The van der Waals surface area contributed by atoms with Gasteiger partial charge in [0.05, 0.1) is 17.8 Å². The maximum Gasteiger partial charge on any atom is 0.295 e. The smallest absolute Gasteiger partial charge is 0.295 e. The van der Waals surface area contributed by atoms with Crippen molar-refractivity contribution in [1.29, 1.82) is 0 Å². The third-order valence-corrected chi connectivity index (χ3v) is 7.21. The number of hydrogen-bond donors (Lipinski definition) is 4. The fourth-order valence-corrected chi connectivity index (χ4v) is 5.33. The van der Waals surface area contributed by atoms with Gasteiger partial charge in [-0.2, -0.15) is 0 Å². The summed E-state index contributed by atoms with van der Waals surface area (Å²) in [6, 6.07) is 20.2. The predicted octanol–water partition coefficient (Wildman–Crippen LogP) is 5.46. The maximum absolute atomic E-state index is 14.2. The summed E-state index contributed by atoms with van der Waals surface area (Å²) in [4.78, 5) is 4.26. The van der Waals surface area contributed by atoms with E-state index in [-0.39, 0.29) is 28.8 Å². The van der Waals surface area contributed by atoms with Crippen molar-refractivity contribution in [2.75, 3.05) is 10.0 Å². The number of thioether (sulfide) groups is 1. The van der Waals surface area contributed by atoms with Crippen LogP contribution in [-0.4, -0.2) is 19.4 Å². The van der Waals surface area contributed by atoms with Crippen LogP contribution in [0.5, 0.6) is 0 Å². The number of hydrogen-bond acceptors (Lipinski definition) is 7. The van der Waals surface area contributed by atoms with E-state index < -0.39 is 22.5 Å². The SMILES string of the molecule is O=[SH](=O)Nc1ccc(C[C@H](Nc2ncc(-c3ccc(F)cc3F)o2)C2=CSC(c3ccccc3)N2)cc1. The molecule has 7 nitrogen and oxygen atoms in total. The molecule has 0 amide bonds. The molecular formula is C26H22F2N4O3S2. The lowest BCUT2D eigenvalue weighted by molar-refractivity contribution is 0.555. The third kappa shape index (κ3) is 6.12. The fourth-order valence-electron chi connectivity index (χ4n) is 3.93. The van der Waals surface area contributed by atoms with Crippen LogP contribution in [0.15, 0.2) is 94.5 Å². The Hall–Kier alpha value is -3.83. The topological polar surface area (TPSA) is 96.3 Å². The van der Waals surface area contributed by atoms with Gasteiger partial charge in [0.2, 0.25) is 10.9 Å². The lowest BCUT2D eigenvalue weighted by Crippen LogP contribution is -2.31. The van der Waals surface area contributed by atoms with Crippen LogP contribution in [0.4, 0.5) is 20.5 Å². The molecule has 0 bridgehead atoms. The Morgan fingerprint density at radius 3 is 2.57 bits per heavy atom. The second-order valence-electron chi connectivity index (χ2n) is 8.27. The summed E-state index contributed by atoms with van der Waals surface area (Å²) in [6.45, 7) is 0. The molecule has 1 aliphatic heterocycles. The van der Waals surface area contributed by atoms with Crippen molar-refractivity contribution in [3.63, 3.8) is 0 Å². The molecule has 11 heteroatoms. The van der Waals surface area contributed by atoms with Crippen molar-refractivity contribution in [2.24, 2.45) is 0 Å². The number of thiol groups is 1. The van der Waals surface area contributed by atoms with E-state index in [1.807, 2.05) is 47.9 Å². The third-order valence-electron chi connectivity index (χ3n) is 5.72. The van der Waals surface area contributed by atoms with Crippen molar-refractivity contribution in [1.82, 2.24) is 10.3 Å². The number of oxazole rings is 1. The minimum Gasteiger partial charge on any atom is -0.423 e. The average molecular weight is 541 g/mol. The van der Waals surface area contributed by atoms with E-state index in [4.69, 9.17) is 4.42 Å². The van der Waals surface area contributed by atoms with Crippen LogP contribution in [0.2, 0.25) is 0 Å². The number of anilines is 2. The van der Waals surface area contributed by atoms with Gasteiger partial charge in [-0.3, -0.25) is 4.72 Å². The number of halogens is 2. The molecule has 190 valence electrons. The largest absolute Gasteiger partial charge is 0.423 e. The zero-order valence-electron chi connectivity index (χ0n) is 19.2. The second-order valence-corrected chi connectivity index (χ2v) is 9.98. The maximum atomic E-state index is 14.2. The van der Waals surface area contributed by atoms with E-state index >= 15 is 0 Å². The van der Waals surface area contributed by atoms with Gasteiger partial charge in [-0.15, -0.1) is 11.8 Å². The molecule has 3 N–H and O–H groups in total. The van der Waals surface area contributed by atoms with Gasteiger partial charge in [0.15, 0.2) is 5.76 Å². The molecule has 1 unspecified atom stereocenters. The van der Waals surface area contributed by atoms with Gasteiger partial charge < -0.3 is 15.1 Å². The molecule has 2 heterocycles. The second kappa shape index (κ2) is 11.1. The van der Waals surface area contributed by atoms with Gasteiger partial charge in [0.25, 0.3) is 6.01 Å². The Labute approximate surface area is 218 Å². The predicted molar refractivity (Wildman–Crippen MR) is 141 cm³/mol. The fraction of sp³-hybridized carbons (Fsp3) is 0.115. The number of nitrogens with one attached hydrogen (secondary N) is 3. The first kappa shape index (κ1) is 24.8. The molecule has 4 aromatic rings. The minimum atomic E-state index is -2.74. The van der Waals surface area contributed by atoms with Crippen LogP contribution in [0, 0.1) is 11.6 Å².